The molecular weight excluding hydrogens is 276 g/mol. The maximum atomic E-state index is 4.64. The standard InChI is InChI=1S/C13H20N4S2/c1-5-10-13(19-17-16-10)11(14-6-2)7-12-15-8(3)9(4)18-12/h11,14H,5-7H2,1-4H3. The van der Waals surface area contributed by atoms with Crippen LogP contribution < -0.4 is 5.32 Å². The molecule has 19 heavy (non-hydrogen) atoms. The Labute approximate surface area is 122 Å². The summed E-state index contributed by atoms with van der Waals surface area (Å²) in [5, 5.41) is 8.94. The van der Waals surface area contributed by atoms with E-state index in [1.165, 1.54) is 26.3 Å². The van der Waals surface area contributed by atoms with E-state index in [0.29, 0.717) is 0 Å². The van der Waals surface area contributed by atoms with Crippen LogP contribution in [0, 0.1) is 13.8 Å². The molecule has 0 spiro atoms. The molecule has 1 N–H and O–H groups in total. The van der Waals surface area contributed by atoms with Crippen molar-refractivity contribution < 1.29 is 0 Å². The Hall–Kier alpha value is -0.850. The minimum atomic E-state index is 0.282. The third-order valence-corrected chi connectivity index (χ3v) is 5.11. The number of hydrogen-bond donors (Lipinski definition) is 1. The summed E-state index contributed by atoms with van der Waals surface area (Å²) in [7, 11) is 0. The molecule has 0 fully saturated rings. The highest BCUT2D eigenvalue weighted by Crippen LogP contribution is 2.27. The lowest BCUT2D eigenvalue weighted by atomic mass is 10.1. The number of hydrogen-bond acceptors (Lipinski definition) is 6. The highest BCUT2D eigenvalue weighted by atomic mass is 32.1. The van der Waals surface area contributed by atoms with Crippen LogP contribution >= 0.6 is 22.9 Å². The van der Waals surface area contributed by atoms with E-state index in [-0.39, 0.29) is 6.04 Å². The number of likely N-dealkylation sites (N-methyl/N-ethyl adjacent to an activating group) is 1. The van der Waals surface area contributed by atoms with Crippen molar-refractivity contribution in [3.8, 4) is 0 Å². The molecular formula is C13H20N4S2. The van der Waals surface area contributed by atoms with Gasteiger partial charge < -0.3 is 5.32 Å². The molecule has 2 aromatic rings. The van der Waals surface area contributed by atoms with E-state index >= 15 is 0 Å². The van der Waals surface area contributed by atoms with Crippen molar-refractivity contribution in [2.75, 3.05) is 6.54 Å². The molecule has 1 unspecified atom stereocenters. The summed E-state index contributed by atoms with van der Waals surface area (Å²) in [6, 6.07) is 0.282. The first kappa shape index (κ1) is 14.6. The topological polar surface area (TPSA) is 50.7 Å². The quantitative estimate of drug-likeness (QED) is 0.890. The minimum Gasteiger partial charge on any atom is -0.309 e. The minimum absolute atomic E-state index is 0.282. The molecule has 0 aliphatic carbocycles. The largest absolute Gasteiger partial charge is 0.309 e. The van der Waals surface area contributed by atoms with Gasteiger partial charge in [0.2, 0.25) is 0 Å². The predicted molar refractivity (Wildman–Crippen MR) is 81.0 cm³/mol. The molecule has 4 nitrogen and oxygen atoms in total. The summed E-state index contributed by atoms with van der Waals surface area (Å²) >= 11 is 3.30. The lowest BCUT2D eigenvalue weighted by molar-refractivity contribution is 0.551. The first-order chi connectivity index (χ1) is 9.15. The molecule has 0 bridgehead atoms. The Morgan fingerprint density at radius 1 is 1.26 bits per heavy atom. The molecule has 2 heterocycles. The maximum Gasteiger partial charge on any atom is 0.0950 e. The molecule has 2 aromatic heterocycles. The van der Waals surface area contributed by atoms with E-state index < -0.39 is 0 Å². The predicted octanol–water partition coefficient (Wildman–Crippen LogP) is 3.07. The van der Waals surface area contributed by atoms with Crippen LogP contribution in [0.2, 0.25) is 0 Å². The fraction of sp³-hybridized carbons (Fsp3) is 0.615. The van der Waals surface area contributed by atoms with Crippen molar-refractivity contribution in [3.05, 3.63) is 26.1 Å². The molecule has 0 saturated carbocycles. The second kappa shape index (κ2) is 6.54. The molecule has 104 valence electrons. The van der Waals surface area contributed by atoms with Gasteiger partial charge in [-0.3, -0.25) is 0 Å². The molecule has 2 rings (SSSR count). The van der Waals surface area contributed by atoms with Crippen LogP contribution in [0.1, 0.15) is 46.0 Å². The second-order valence-corrected chi connectivity index (χ2v) is 6.57. The fourth-order valence-electron chi connectivity index (χ4n) is 2.03. The number of aromatic nitrogens is 3. The Balaban J connectivity index is 2.20. The van der Waals surface area contributed by atoms with Gasteiger partial charge in [0.25, 0.3) is 0 Å². The van der Waals surface area contributed by atoms with Crippen LogP contribution in [0.5, 0.6) is 0 Å². The van der Waals surface area contributed by atoms with Crippen molar-refractivity contribution in [2.24, 2.45) is 0 Å². The van der Waals surface area contributed by atoms with Gasteiger partial charge in [-0.05, 0) is 38.3 Å². The van der Waals surface area contributed by atoms with Crippen molar-refractivity contribution in [1.82, 2.24) is 19.9 Å². The number of nitrogens with one attached hydrogen (secondary N) is 1. The zero-order valence-corrected chi connectivity index (χ0v) is 13.5. The summed E-state index contributed by atoms with van der Waals surface area (Å²) in [5.41, 5.74) is 2.26. The molecule has 0 saturated heterocycles. The Kier molecular flexibility index (Phi) is 5.01. The van der Waals surface area contributed by atoms with Gasteiger partial charge >= 0.3 is 0 Å². The highest BCUT2D eigenvalue weighted by Gasteiger charge is 2.20. The van der Waals surface area contributed by atoms with Gasteiger partial charge in [0.1, 0.15) is 0 Å². The summed E-state index contributed by atoms with van der Waals surface area (Å²) in [6.45, 7) is 9.40. The number of aryl methyl sites for hydroxylation is 3. The van der Waals surface area contributed by atoms with Gasteiger partial charge in [-0.15, -0.1) is 16.4 Å². The van der Waals surface area contributed by atoms with Crippen molar-refractivity contribution in [3.63, 3.8) is 0 Å². The zero-order chi connectivity index (χ0) is 13.8. The van der Waals surface area contributed by atoms with Crippen LogP contribution in [0.25, 0.3) is 0 Å². The highest BCUT2D eigenvalue weighted by molar-refractivity contribution is 7.11. The van der Waals surface area contributed by atoms with Crippen LogP contribution in [-0.4, -0.2) is 21.1 Å². The molecule has 0 aliphatic heterocycles. The second-order valence-electron chi connectivity index (χ2n) is 4.50. The zero-order valence-electron chi connectivity index (χ0n) is 11.9. The fourth-order valence-corrected chi connectivity index (χ4v) is 3.82. The Morgan fingerprint density at radius 3 is 2.63 bits per heavy atom. The Morgan fingerprint density at radius 2 is 2.05 bits per heavy atom. The Bertz CT molecular complexity index is 513. The van der Waals surface area contributed by atoms with Crippen molar-refractivity contribution in [2.45, 2.75) is 46.6 Å². The smallest absolute Gasteiger partial charge is 0.0950 e. The monoisotopic (exact) mass is 296 g/mol. The lowest BCUT2D eigenvalue weighted by Gasteiger charge is -2.15. The number of nitrogens with zero attached hydrogens (tertiary/aromatic N) is 3. The third kappa shape index (κ3) is 3.38. The average Bonchev–Trinajstić information content (AvgIpc) is 2.96. The average molecular weight is 296 g/mol. The summed E-state index contributed by atoms with van der Waals surface area (Å²) < 4.78 is 4.10. The van der Waals surface area contributed by atoms with E-state index in [2.05, 4.69) is 47.6 Å². The van der Waals surface area contributed by atoms with Crippen LogP contribution in [0.3, 0.4) is 0 Å². The summed E-state index contributed by atoms with van der Waals surface area (Å²) in [4.78, 5) is 7.21. The van der Waals surface area contributed by atoms with Gasteiger partial charge in [-0.25, -0.2) is 4.98 Å². The van der Waals surface area contributed by atoms with E-state index in [4.69, 9.17) is 0 Å². The van der Waals surface area contributed by atoms with E-state index in [9.17, 15) is 0 Å². The van der Waals surface area contributed by atoms with Gasteiger partial charge in [0.15, 0.2) is 0 Å². The van der Waals surface area contributed by atoms with Crippen LogP contribution in [-0.2, 0) is 12.8 Å². The van der Waals surface area contributed by atoms with E-state index in [1.54, 1.807) is 11.3 Å². The molecule has 1 atom stereocenters. The summed E-state index contributed by atoms with van der Waals surface area (Å²) in [6.07, 6.45) is 1.85. The van der Waals surface area contributed by atoms with Crippen molar-refractivity contribution in [1.29, 1.82) is 0 Å². The molecule has 0 aromatic carbocycles. The third-order valence-electron chi connectivity index (χ3n) is 3.14. The van der Waals surface area contributed by atoms with E-state index in [1.807, 2.05) is 0 Å². The van der Waals surface area contributed by atoms with Gasteiger partial charge in [-0.1, -0.05) is 18.3 Å². The normalized spacial score (nSPS) is 12.8. The van der Waals surface area contributed by atoms with Crippen LogP contribution in [0.4, 0.5) is 0 Å². The SMILES string of the molecule is CCNC(Cc1nc(C)c(C)s1)c1snnc1CC. The molecule has 0 amide bonds. The number of rotatable bonds is 6. The molecule has 0 aliphatic rings. The van der Waals surface area contributed by atoms with Gasteiger partial charge in [0, 0.05) is 11.3 Å². The molecule has 6 heteroatoms. The van der Waals surface area contributed by atoms with Crippen LogP contribution in [0.15, 0.2) is 0 Å². The van der Waals surface area contributed by atoms with Gasteiger partial charge in [0.05, 0.1) is 27.3 Å². The first-order valence-corrected chi connectivity index (χ1v) is 8.22. The van der Waals surface area contributed by atoms with Crippen molar-refractivity contribution >= 4 is 22.9 Å². The summed E-state index contributed by atoms with van der Waals surface area (Å²) in [5.74, 6) is 0. The van der Waals surface area contributed by atoms with Gasteiger partial charge in [-0.2, -0.15) is 0 Å². The van der Waals surface area contributed by atoms with E-state index in [0.717, 1.165) is 30.8 Å². The lowest BCUT2D eigenvalue weighted by Crippen LogP contribution is -2.23. The maximum absolute atomic E-state index is 4.64. The first-order valence-electron chi connectivity index (χ1n) is 6.63. The molecule has 0 radical (unpaired) electrons. The number of thiazole rings is 1.